The van der Waals surface area contributed by atoms with Gasteiger partial charge in [0.1, 0.15) is 5.75 Å². The molecular weight excluding hydrogens is 360 g/mol. The van der Waals surface area contributed by atoms with Crippen LogP contribution in [0.2, 0.25) is 0 Å². The molecule has 4 rings (SSSR count). The second-order valence-electron chi connectivity index (χ2n) is 8.04. The predicted octanol–water partition coefficient (Wildman–Crippen LogP) is 3.53. The highest BCUT2D eigenvalue weighted by atomic mass is 32.1. The van der Waals surface area contributed by atoms with Gasteiger partial charge in [-0.25, -0.2) is 0 Å². The number of amides is 1. The van der Waals surface area contributed by atoms with Crippen LogP contribution in [0.4, 0.5) is 0 Å². The zero-order chi connectivity index (χ0) is 18.9. The van der Waals surface area contributed by atoms with Gasteiger partial charge in [-0.1, -0.05) is 0 Å². The van der Waals surface area contributed by atoms with Crippen LogP contribution in [0.15, 0.2) is 23.6 Å². The molecule has 0 atom stereocenters. The minimum Gasteiger partial charge on any atom is -0.490 e. The summed E-state index contributed by atoms with van der Waals surface area (Å²) < 4.78 is 12.5. The lowest BCUT2D eigenvalue weighted by Crippen LogP contribution is -2.43. The SMILES string of the molecule is CC(C)Oc1cc(C(=O)NCC2(CN3CCOCC3)CC2)cc2sccc12. The summed E-state index contributed by atoms with van der Waals surface area (Å²) in [5, 5.41) is 6.30. The molecule has 2 heterocycles. The normalized spacial score (nSPS) is 19.4. The maximum atomic E-state index is 12.8. The van der Waals surface area contributed by atoms with Gasteiger partial charge in [0.05, 0.1) is 19.3 Å². The van der Waals surface area contributed by atoms with Crippen LogP contribution in [-0.4, -0.2) is 56.3 Å². The van der Waals surface area contributed by atoms with Crippen LogP contribution in [-0.2, 0) is 4.74 Å². The minimum atomic E-state index is -0.00726. The lowest BCUT2D eigenvalue weighted by molar-refractivity contribution is 0.0283. The van der Waals surface area contributed by atoms with Gasteiger partial charge < -0.3 is 14.8 Å². The summed E-state index contributed by atoms with van der Waals surface area (Å²) in [6.07, 6.45) is 2.46. The second-order valence-corrected chi connectivity index (χ2v) is 8.99. The third-order valence-electron chi connectivity index (χ3n) is 5.40. The third kappa shape index (κ3) is 4.45. The molecule has 6 heteroatoms. The Morgan fingerprint density at radius 3 is 2.81 bits per heavy atom. The topological polar surface area (TPSA) is 50.8 Å². The molecule has 1 aliphatic heterocycles. The van der Waals surface area contributed by atoms with E-state index in [1.165, 1.54) is 12.8 Å². The average Bonchev–Trinajstić information content (AvgIpc) is 3.23. The van der Waals surface area contributed by atoms with E-state index in [1.807, 2.05) is 31.4 Å². The van der Waals surface area contributed by atoms with Gasteiger partial charge in [-0.2, -0.15) is 0 Å². The van der Waals surface area contributed by atoms with Gasteiger partial charge in [0.25, 0.3) is 5.91 Å². The van der Waals surface area contributed by atoms with E-state index >= 15 is 0 Å². The molecule has 1 amide bonds. The van der Waals surface area contributed by atoms with Crippen LogP contribution in [0.25, 0.3) is 10.1 Å². The van der Waals surface area contributed by atoms with Crippen LogP contribution in [0.5, 0.6) is 5.75 Å². The van der Waals surface area contributed by atoms with Crippen molar-refractivity contribution in [1.82, 2.24) is 10.2 Å². The van der Waals surface area contributed by atoms with Gasteiger partial charge in [0.15, 0.2) is 0 Å². The standard InChI is InChI=1S/C21H28N2O3S/c1-15(2)26-18-11-16(12-19-17(18)3-10-27-19)20(24)22-13-21(4-5-21)14-23-6-8-25-9-7-23/h3,10-12,15H,4-9,13-14H2,1-2H3,(H,22,24). The first-order valence-electron chi connectivity index (χ1n) is 9.81. The van der Waals surface area contributed by atoms with Crippen LogP contribution in [0.3, 0.4) is 0 Å². The number of carbonyl (C=O) groups excluding carboxylic acids is 1. The average molecular weight is 389 g/mol. The Kier molecular flexibility index (Phi) is 5.39. The van der Waals surface area contributed by atoms with E-state index in [1.54, 1.807) is 11.3 Å². The van der Waals surface area contributed by atoms with Crippen LogP contribution in [0.1, 0.15) is 37.0 Å². The number of hydrogen-bond donors (Lipinski definition) is 1. The summed E-state index contributed by atoms with van der Waals surface area (Å²) in [5.41, 5.74) is 0.930. The summed E-state index contributed by atoms with van der Waals surface area (Å²) in [6, 6.07) is 5.91. The van der Waals surface area contributed by atoms with E-state index < -0.39 is 0 Å². The van der Waals surface area contributed by atoms with Crippen molar-refractivity contribution < 1.29 is 14.3 Å². The summed E-state index contributed by atoms with van der Waals surface area (Å²) >= 11 is 1.64. The summed E-state index contributed by atoms with van der Waals surface area (Å²) in [7, 11) is 0. The van der Waals surface area contributed by atoms with Crippen molar-refractivity contribution >= 4 is 27.3 Å². The largest absolute Gasteiger partial charge is 0.490 e. The molecule has 1 N–H and O–H groups in total. The molecule has 0 radical (unpaired) electrons. The van der Waals surface area contributed by atoms with E-state index in [0.717, 1.165) is 55.2 Å². The first kappa shape index (κ1) is 18.7. The third-order valence-corrected chi connectivity index (χ3v) is 6.27. The fourth-order valence-corrected chi connectivity index (χ4v) is 4.53. The van der Waals surface area contributed by atoms with E-state index in [4.69, 9.17) is 9.47 Å². The van der Waals surface area contributed by atoms with Crippen molar-refractivity contribution in [3.8, 4) is 5.75 Å². The maximum Gasteiger partial charge on any atom is 0.251 e. The zero-order valence-corrected chi connectivity index (χ0v) is 16.9. The number of ether oxygens (including phenoxy) is 2. The number of nitrogens with zero attached hydrogens (tertiary/aromatic N) is 1. The lowest BCUT2D eigenvalue weighted by atomic mass is 10.1. The van der Waals surface area contributed by atoms with Gasteiger partial charge in [0.2, 0.25) is 0 Å². The number of rotatable bonds is 7. The van der Waals surface area contributed by atoms with Gasteiger partial charge in [-0.15, -0.1) is 11.3 Å². The number of carbonyl (C=O) groups is 1. The molecule has 1 saturated carbocycles. The van der Waals surface area contributed by atoms with Crippen molar-refractivity contribution in [3.63, 3.8) is 0 Å². The second kappa shape index (κ2) is 7.78. The predicted molar refractivity (Wildman–Crippen MR) is 109 cm³/mol. The highest BCUT2D eigenvalue weighted by molar-refractivity contribution is 7.17. The Hall–Kier alpha value is -1.63. The van der Waals surface area contributed by atoms with Crippen LogP contribution in [0, 0.1) is 5.41 Å². The fraction of sp³-hybridized carbons (Fsp3) is 0.571. The molecule has 0 unspecified atom stereocenters. The molecular formula is C21H28N2O3S. The number of hydrogen-bond acceptors (Lipinski definition) is 5. The fourth-order valence-electron chi connectivity index (χ4n) is 3.69. The molecule has 1 saturated heterocycles. The number of benzene rings is 1. The molecule has 0 bridgehead atoms. The Labute approximate surface area is 164 Å². The van der Waals surface area contributed by atoms with Crippen molar-refractivity contribution in [2.24, 2.45) is 5.41 Å². The van der Waals surface area contributed by atoms with Crippen LogP contribution < -0.4 is 10.1 Å². The van der Waals surface area contributed by atoms with Crippen molar-refractivity contribution in [3.05, 3.63) is 29.1 Å². The lowest BCUT2D eigenvalue weighted by Gasteiger charge is -2.30. The Balaban J connectivity index is 1.42. The summed E-state index contributed by atoms with van der Waals surface area (Å²) in [4.78, 5) is 15.3. The molecule has 0 spiro atoms. The summed E-state index contributed by atoms with van der Waals surface area (Å²) in [6.45, 7) is 9.46. The number of morpholine rings is 1. The number of thiophene rings is 1. The highest BCUT2D eigenvalue weighted by Gasteiger charge is 2.44. The van der Waals surface area contributed by atoms with Crippen LogP contribution >= 0.6 is 11.3 Å². The molecule has 1 aromatic carbocycles. The Morgan fingerprint density at radius 1 is 1.33 bits per heavy atom. The zero-order valence-electron chi connectivity index (χ0n) is 16.1. The maximum absolute atomic E-state index is 12.8. The quantitative estimate of drug-likeness (QED) is 0.788. The van der Waals surface area contributed by atoms with E-state index in [-0.39, 0.29) is 17.4 Å². The van der Waals surface area contributed by atoms with Crippen molar-refractivity contribution in [2.75, 3.05) is 39.4 Å². The Bertz CT molecular complexity index is 807. The van der Waals surface area contributed by atoms with Gasteiger partial charge in [-0.3, -0.25) is 9.69 Å². The van der Waals surface area contributed by atoms with E-state index in [9.17, 15) is 4.79 Å². The molecule has 27 heavy (non-hydrogen) atoms. The van der Waals surface area contributed by atoms with Gasteiger partial charge in [0, 0.05) is 47.2 Å². The first-order chi connectivity index (χ1) is 13.0. The minimum absolute atomic E-state index is 0.00726. The van der Waals surface area contributed by atoms with Crippen molar-refractivity contribution in [2.45, 2.75) is 32.8 Å². The molecule has 2 aliphatic rings. The summed E-state index contributed by atoms with van der Waals surface area (Å²) in [5.74, 6) is 0.788. The molecule has 1 aliphatic carbocycles. The Morgan fingerprint density at radius 2 is 2.11 bits per heavy atom. The van der Waals surface area contributed by atoms with Gasteiger partial charge in [-0.05, 0) is 50.3 Å². The monoisotopic (exact) mass is 388 g/mol. The van der Waals surface area contributed by atoms with Gasteiger partial charge >= 0.3 is 0 Å². The molecule has 5 nitrogen and oxygen atoms in total. The molecule has 2 aromatic rings. The number of fused-ring (bicyclic) bond motifs is 1. The molecule has 2 fully saturated rings. The van der Waals surface area contributed by atoms with E-state index in [0.29, 0.717) is 5.56 Å². The van der Waals surface area contributed by atoms with Crippen molar-refractivity contribution in [1.29, 1.82) is 0 Å². The smallest absolute Gasteiger partial charge is 0.251 e. The molecule has 146 valence electrons. The number of nitrogens with one attached hydrogen (secondary N) is 1. The highest BCUT2D eigenvalue weighted by Crippen LogP contribution is 2.45. The van der Waals surface area contributed by atoms with E-state index in [2.05, 4.69) is 16.3 Å². The molecule has 1 aromatic heterocycles. The first-order valence-corrected chi connectivity index (χ1v) is 10.7.